The number of hydrogen-bond acceptors (Lipinski definition) is 3. The van der Waals surface area contributed by atoms with E-state index in [0.717, 1.165) is 0 Å². The highest BCUT2D eigenvalue weighted by Crippen LogP contribution is 2.40. The number of carboxylic acids is 1. The van der Waals surface area contributed by atoms with Gasteiger partial charge in [0.05, 0.1) is 17.6 Å². The first-order valence-corrected chi connectivity index (χ1v) is 5.06. The Morgan fingerprint density at radius 3 is 2.36 bits per heavy atom. The van der Waals surface area contributed by atoms with Crippen molar-refractivity contribution in [1.82, 2.24) is 0 Å². The molecule has 1 saturated carbocycles. The van der Waals surface area contributed by atoms with Crippen LogP contribution in [0.4, 0.5) is 0 Å². The van der Waals surface area contributed by atoms with E-state index in [2.05, 4.69) is 0 Å². The fourth-order valence-electron chi connectivity index (χ4n) is 2.23. The van der Waals surface area contributed by atoms with Crippen LogP contribution in [-0.4, -0.2) is 33.5 Å². The zero-order chi connectivity index (χ0) is 10.8. The van der Waals surface area contributed by atoms with E-state index in [-0.39, 0.29) is 12.5 Å². The van der Waals surface area contributed by atoms with E-state index in [1.165, 1.54) is 0 Å². The fourth-order valence-corrected chi connectivity index (χ4v) is 2.23. The lowest BCUT2D eigenvalue weighted by Gasteiger charge is -2.36. The number of aliphatic hydroxyl groups is 2. The zero-order valence-electron chi connectivity index (χ0n) is 8.44. The maximum atomic E-state index is 11.1. The van der Waals surface area contributed by atoms with Gasteiger partial charge in [-0.2, -0.15) is 0 Å². The topological polar surface area (TPSA) is 77.8 Å². The van der Waals surface area contributed by atoms with Crippen LogP contribution in [0.3, 0.4) is 0 Å². The van der Waals surface area contributed by atoms with Gasteiger partial charge < -0.3 is 15.3 Å². The summed E-state index contributed by atoms with van der Waals surface area (Å²) in [5.74, 6) is -0.842. The molecule has 0 bridgehead atoms. The Labute approximate surface area is 83.6 Å². The van der Waals surface area contributed by atoms with E-state index in [1.54, 1.807) is 6.92 Å². The van der Waals surface area contributed by atoms with Crippen molar-refractivity contribution < 1.29 is 20.1 Å². The van der Waals surface area contributed by atoms with Crippen LogP contribution in [0.25, 0.3) is 0 Å². The van der Waals surface area contributed by atoms with E-state index >= 15 is 0 Å². The van der Waals surface area contributed by atoms with Gasteiger partial charge in [0, 0.05) is 0 Å². The van der Waals surface area contributed by atoms with Gasteiger partial charge in [-0.1, -0.05) is 0 Å². The lowest BCUT2D eigenvalue weighted by molar-refractivity contribution is -0.154. The van der Waals surface area contributed by atoms with E-state index in [4.69, 9.17) is 5.11 Å². The third kappa shape index (κ3) is 2.45. The molecule has 4 nitrogen and oxygen atoms in total. The van der Waals surface area contributed by atoms with Gasteiger partial charge in [-0.25, -0.2) is 0 Å². The molecule has 1 aliphatic carbocycles. The lowest BCUT2D eigenvalue weighted by atomic mass is 9.70. The van der Waals surface area contributed by atoms with Crippen molar-refractivity contribution in [2.75, 3.05) is 0 Å². The lowest BCUT2D eigenvalue weighted by Crippen LogP contribution is -2.39. The molecule has 0 aromatic carbocycles. The van der Waals surface area contributed by atoms with Gasteiger partial charge in [-0.05, 0) is 39.0 Å². The van der Waals surface area contributed by atoms with Crippen molar-refractivity contribution in [2.45, 2.75) is 51.2 Å². The predicted octanol–water partition coefficient (Wildman–Crippen LogP) is 0.763. The molecule has 0 aliphatic heterocycles. The molecule has 1 unspecified atom stereocenters. The molecule has 0 amide bonds. The van der Waals surface area contributed by atoms with E-state index in [1.807, 2.05) is 0 Å². The van der Waals surface area contributed by atoms with E-state index in [0.29, 0.717) is 25.7 Å². The molecule has 0 aromatic heterocycles. The third-order valence-electron chi connectivity index (χ3n) is 3.05. The highest BCUT2D eigenvalue weighted by atomic mass is 16.4. The summed E-state index contributed by atoms with van der Waals surface area (Å²) in [4.78, 5) is 11.1. The monoisotopic (exact) mass is 202 g/mol. The molecule has 0 spiro atoms. The SMILES string of the molecule is CC(O)CC1(C(=O)O)CCC(O)CC1. The van der Waals surface area contributed by atoms with Crippen LogP contribution in [0.15, 0.2) is 0 Å². The minimum atomic E-state index is -0.842. The van der Waals surface area contributed by atoms with Crippen LogP contribution in [0.2, 0.25) is 0 Å². The van der Waals surface area contributed by atoms with Crippen LogP contribution < -0.4 is 0 Å². The molecule has 14 heavy (non-hydrogen) atoms. The molecule has 0 saturated heterocycles. The average molecular weight is 202 g/mol. The summed E-state index contributed by atoms with van der Waals surface area (Å²) < 4.78 is 0. The zero-order valence-corrected chi connectivity index (χ0v) is 8.44. The molecule has 0 aromatic rings. The molecule has 1 aliphatic rings. The molecule has 3 N–H and O–H groups in total. The molecule has 4 heteroatoms. The first kappa shape index (κ1) is 11.5. The summed E-state index contributed by atoms with van der Waals surface area (Å²) in [5.41, 5.74) is -0.812. The predicted molar refractivity (Wildman–Crippen MR) is 50.8 cm³/mol. The summed E-state index contributed by atoms with van der Waals surface area (Å²) in [6.45, 7) is 1.61. The molecular formula is C10H18O4. The Balaban J connectivity index is 2.68. The number of carboxylic acid groups (broad SMARTS) is 1. The van der Waals surface area contributed by atoms with Crippen LogP contribution in [0.1, 0.15) is 39.0 Å². The first-order chi connectivity index (χ1) is 6.46. The minimum absolute atomic E-state index is 0.287. The highest BCUT2D eigenvalue weighted by molar-refractivity contribution is 5.74. The molecule has 1 atom stereocenters. The first-order valence-electron chi connectivity index (χ1n) is 5.06. The smallest absolute Gasteiger partial charge is 0.309 e. The van der Waals surface area contributed by atoms with Crippen LogP contribution in [0.5, 0.6) is 0 Å². The van der Waals surface area contributed by atoms with Gasteiger partial charge in [0.25, 0.3) is 0 Å². The average Bonchev–Trinajstić information content (AvgIpc) is 2.08. The Kier molecular flexibility index (Phi) is 3.50. The quantitative estimate of drug-likeness (QED) is 0.631. The van der Waals surface area contributed by atoms with E-state index in [9.17, 15) is 15.0 Å². The van der Waals surface area contributed by atoms with Crippen molar-refractivity contribution in [1.29, 1.82) is 0 Å². The summed E-state index contributed by atoms with van der Waals surface area (Å²) in [6, 6.07) is 0. The van der Waals surface area contributed by atoms with Crippen molar-refractivity contribution in [3.8, 4) is 0 Å². The molecule has 1 fully saturated rings. The Hall–Kier alpha value is -0.610. The number of hydrogen-bond donors (Lipinski definition) is 3. The number of aliphatic carboxylic acids is 1. The van der Waals surface area contributed by atoms with Crippen LogP contribution in [0, 0.1) is 5.41 Å². The summed E-state index contributed by atoms with van der Waals surface area (Å²) in [6.07, 6.45) is 1.31. The maximum absolute atomic E-state index is 11.1. The van der Waals surface area contributed by atoms with Crippen molar-refractivity contribution in [2.24, 2.45) is 5.41 Å². The Morgan fingerprint density at radius 2 is 2.00 bits per heavy atom. The Morgan fingerprint density at radius 1 is 1.50 bits per heavy atom. The molecule has 0 heterocycles. The second-order valence-corrected chi connectivity index (χ2v) is 4.37. The molecule has 0 radical (unpaired) electrons. The highest BCUT2D eigenvalue weighted by Gasteiger charge is 2.42. The van der Waals surface area contributed by atoms with Crippen LogP contribution >= 0.6 is 0 Å². The van der Waals surface area contributed by atoms with Crippen LogP contribution in [-0.2, 0) is 4.79 Å². The van der Waals surface area contributed by atoms with Gasteiger partial charge in [-0.3, -0.25) is 4.79 Å². The largest absolute Gasteiger partial charge is 0.481 e. The summed E-state index contributed by atoms with van der Waals surface area (Å²) in [7, 11) is 0. The number of rotatable bonds is 3. The number of carbonyl (C=O) groups is 1. The Bertz CT molecular complexity index is 204. The minimum Gasteiger partial charge on any atom is -0.481 e. The van der Waals surface area contributed by atoms with Crippen molar-refractivity contribution in [3.05, 3.63) is 0 Å². The summed E-state index contributed by atoms with van der Waals surface area (Å²) in [5, 5.41) is 27.7. The second kappa shape index (κ2) is 4.28. The van der Waals surface area contributed by atoms with Gasteiger partial charge >= 0.3 is 5.97 Å². The third-order valence-corrected chi connectivity index (χ3v) is 3.05. The fraction of sp³-hybridized carbons (Fsp3) is 0.900. The second-order valence-electron chi connectivity index (χ2n) is 4.37. The number of aliphatic hydroxyl groups excluding tert-OH is 2. The van der Waals surface area contributed by atoms with Gasteiger partial charge in [0.1, 0.15) is 0 Å². The van der Waals surface area contributed by atoms with Gasteiger partial charge in [0.15, 0.2) is 0 Å². The maximum Gasteiger partial charge on any atom is 0.309 e. The van der Waals surface area contributed by atoms with Gasteiger partial charge in [0.2, 0.25) is 0 Å². The van der Waals surface area contributed by atoms with Crippen molar-refractivity contribution in [3.63, 3.8) is 0 Å². The van der Waals surface area contributed by atoms with Gasteiger partial charge in [-0.15, -0.1) is 0 Å². The summed E-state index contributed by atoms with van der Waals surface area (Å²) >= 11 is 0. The molecular weight excluding hydrogens is 184 g/mol. The normalized spacial score (nSPS) is 35.2. The van der Waals surface area contributed by atoms with E-state index < -0.39 is 17.5 Å². The molecule has 82 valence electrons. The van der Waals surface area contributed by atoms with Crippen molar-refractivity contribution >= 4 is 5.97 Å². The molecule has 1 rings (SSSR count). The standard InChI is InChI=1S/C10H18O4/c1-7(11)6-10(9(13)14)4-2-8(12)3-5-10/h7-8,11-12H,2-6H2,1H3,(H,13,14).